The molecular weight excluding hydrogens is 264 g/mol. The van der Waals surface area contributed by atoms with Gasteiger partial charge >= 0.3 is 0 Å². The van der Waals surface area contributed by atoms with E-state index in [1.165, 1.54) is 12.8 Å². The standard InChI is InChI=1S/C13H16ClN4O/c14-7-3-6-9-15-12-10(13(19)16-9)17-11(18-12)8-4-1-2-5-8/h8H,1-7H2,(H,15,16,19). The number of fused-ring (bicyclic) bond motifs is 1. The molecule has 0 atom stereocenters. The maximum atomic E-state index is 12.0. The number of rotatable bonds is 4. The van der Waals surface area contributed by atoms with Gasteiger partial charge in [0, 0.05) is 18.2 Å². The van der Waals surface area contributed by atoms with Gasteiger partial charge in [-0.05, 0) is 19.3 Å². The molecule has 0 aromatic carbocycles. The minimum absolute atomic E-state index is 0.189. The predicted molar refractivity (Wildman–Crippen MR) is 74.7 cm³/mol. The van der Waals surface area contributed by atoms with Gasteiger partial charge in [0.2, 0.25) is 0 Å². The molecule has 1 aromatic heterocycles. The van der Waals surface area contributed by atoms with E-state index < -0.39 is 0 Å². The first-order valence-corrected chi connectivity index (χ1v) is 7.31. The molecule has 1 radical (unpaired) electrons. The van der Waals surface area contributed by atoms with Crippen molar-refractivity contribution in [2.45, 2.75) is 38.5 Å². The number of aromatic nitrogens is 2. The molecule has 6 heteroatoms. The van der Waals surface area contributed by atoms with Gasteiger partial charge in [0.25, 0.3) is 5.56 Å². The molecule has 0 unspecified atom stereocenters. The molecule has 101 valence electrons. The molecule has 1 fully saturated rings. The lowest BCUT2D eigenvalue weighted by atomic mass is 10.1. The maximum Gasteiger partial charge on any atom is 0.279 e. The molecule has 19 heavy (non-hydrogen) atoms. The average Bonchev–Trinajstić information content (AvgIpc) is 3.04. The van der Waals surface area contributed by atoms with Crippen LogP contribution in [0.4, 0.5) is 11.5 Å². The summed E-state index contributed by atoms with van der Waals surface area (Å²) in [5.41, 5.74) is 0.183. The van der Waals surface area contributed by atoms with Crippen LogP contribution in [0.2, 0.25) is 0 Å². The first kappa shape index (κ1) is 12.7. The van der Waals surface area contributed by atoms with Crippen molar-refractivity contribution in [2.24, 2.45) is 10.9 Å². The van der Waals surface area contributed by atoms with Crippen LogP contribution in [0, 0.1) is 5.92 Å². The van der Waals surface area contributed by atoms with Crippen molar-refractivity contribution in [3.63, 3.8) is 0 Å². The van der Waals surface area contributed by atoms with Gasteiger partial charge in [-0.3, -0.25) is 4.79 Å². The van der Waals surface area contributed by atoms with Gasteiger partial charge in [-0.1, -0.05) is 12.8 Å². The van der Waals surface area contributed by atoms with Crippen molar-refractivity contribution in [2.75, 3.05) is 5.88 Å². The maximum absolute atomic E-state index is 12.0. The molecule has 0 saturated heterocycles. The number of amidine groups is 1. The van der Waals surface area contributed by atoms with E-state index in [9.17, 15) is 4.79 Å². The lowest BCUT2D eigenvalue weighted by Crippen LogP contribution is -2.21. The number of hydrogen-bond acceptors (Lipinski definition) is 3. The lowest BCUT2D eigenvalue weighted by Gasteiger charge is -2.06. The molecule has 0 amide bonds. The Morgan fingerprint density at radius 1 is 1.32 bits per heavy atom. The van der Waals surface area contributed by atoms with Crippen LogP contribution in [0.15, 0.2) is 9.79 Å². The molecule has 1 aliphatic heterocycles. The van der Waals surface area contributed by atoms with Crippen molar-refractivity contribution >= 4 is 28.9 Å². The van der Waals surface area contributed by atoms with Gasteiger partial charge in [-0.25, -0.2) is 15.3 Å². The van der Waals surface area contributed by atoms with Crippen molar-refractivity contribution in [1.29, 1.82) is 0 Å². The summed E-state index contributed by atoms with van der Waals surface area (Å²) in [5.74, 6) is 2.88. The SMILES string of the molecule is O=c1[nH]c(CCCCl)nc2c1[N]C(C1CCCC1)=N2. The number of alkyl halides is 1. The monoisotopic (exact) mass is 279 g/mol. The van der Waals surface area contributed by atoms with Gasteiger partial charge in [-0.2, -0.15) is 0 Å². The van der Waals surface area contributed by atoms with E-state index in [2.05, 4.69) is 20.3 Å². The third-order valence-corrected chi connectivity index (χ3v) is 3.91. The Balaban J connectivity index is 1.85. The summed E-state index contributed by atoms with van der Waals surface area (Å²) in [7, 11) is 0. The molecule has 0 bridgehead atoms. The Hall–Kier alpha value is -1.36. The van der Waals surface area contributed by atoms with Crippen molar-refractivity contribution < 1.29 is 0 Å². The Bertz CT molecular complexity index is 560. The van der Waals surface area contributed by atoms with E-state index in [4.69, 9.17) is 11.6 Å². The minimum atomic E-state index is -0.189. The topological polar surface area (TPSA) is 72.2 Å². The summed E-state index contributed by atoms with van der Waals surface area (Å²) in [4.78, 5) is 23.5. The quantitative estimate of drug-likeness (QED) is 0.860. The van der Waals surface area contributed by atoms with Gasteiger partial charge in [0.15, 0.2) is 11.5 Å². The molecule has 2 aliphatic rings. The molecular formula is C13H16ClN4O. The number of hydrogen-bond donors (Lipinski definition) is 1. The first-order chi connectivity index (χ1) is 9.28. The fourth-order valence-corrected chi connectivity index (χ4v) is 2.78. The molecule has 1 aliphatic carbocycles. The lowest BCUT2D eigenvalue weighted by molar-refractivity contribution is 0.713. The fraction of sp³-hybridized carbons (Fsp3) is 0.615. The number of aromatic amines is 1. The Labute approximate surface area is 116 Å². The third-order valence-electron chi connectivity index (χ3n) is 3.64. The summed E-state index contributed by atoms with van der Waals surface area (Å²) in [6.45, 7) is 0. The number of aliphatic imine (C=N–C) groups is 1. The molecule has 0 spiro atoms. The highest BCUT2D eigenvalue weighted by molar-refractivity contribution is 6.17. The predicted octanol–water partition coefficient (Wildman–Crippen LogP) is 2.41. The molecule has 1 saturated carbocycles. The number of halogens is 1. The zero-order chi connectivity index (χ0) is 13.2. The summed E-state index contributed by atoms with van der Waals surface area (Å²) in [5, 5.41) is 4.37. The highest BCUT2D eigenvalue weighted by Crippen LogP contribution is 2.33. The summed E-state index contributed by atoms with van der Waals surface area (Å²) < 4.78 is 0. The number of nitrogens with zero attached hydrogens (tertiary/aromatic N) is 3. The van der Waals surface area contributed by atoms with E-state index in [1.807, 2.05) is 0 Å². The smallest absolute Gasteiger partial charge is 0.279 e. The Morgan fingerprint density at radius 3 is 2.84 bits per heavy atom. The third kappa shape index (κ3) is 2.52. The van der Waals surface area contributed by atoms with Crippen molar-refractivity contribution in [3.05, 3.63) is 16.2 Å². The first-order valence-electron chi connectivity index (χ1n) is 6.77. The van der Waals surface area contributed by atoms with Crippen LogP contribution >= 0.6 is 11.6 Å². The number of H-pyrrole nitrogens is 1. The highest BCUT2D eigenvalue weighted by Gasteiger charge is 2.29. The summed E-state index contributed by atoms with van der Waals surface area (Å²) >= 11 is 5.65. The molecule has 1 N–H and O–H groups in total. The van der Waals surface area contributed by atoms with E-state index in [-0.39, 0.29) is 5.56 Å². The normalized spacial score (nSPS) is 18.3. The van der Waals surface area contributed by atoms with Crippen molar-refractivity contribution in [3.8, 4) is 0 Å². The minimum Gasteiger partial charge on any atom is -0.309 e. The van der Waals surface area contributed by atoms with E-state index >= 15 is 0 Å². The van der Waals surface area contributed by atoms with Gasteiger partial charge < -0.3 is 4.98 Å². The second-order valence-electron chi connectivity index (χ2n) is 5.04. The van der Waals surface area contributed by atoms with Gasteiger partial charge in [0.05, 0.1) is 0 Å². The molecule has 5 nitrogen and oxygen atoms in total. The van der Waals surface area contributed by atoms with Gasteiger partial charge in [-0.15, -0.1) is 11.6 Å². The van der Waals surface area contributed by atoms with Crippen LogP contribution in [0.5, 0.6) is 0 Å². The van der Waals surface area contributed by atoms with E-state index in [1.54, 1.807) is 0 Å². The van der Waals surface area contributed by atoms with E-state index in [0.717, 1.165) is 25.1 Å². The van der Waals surface area contributed by atoms with Gasteiger partial charge in [0.1, 0.15) is 11.7 Å². The number of aryl methyl sites for hydroxylation is 1. The van der Waals surface area contributed by atoms with Crippen LogP contribution in [0.25, 0.3) is 0 Å². The summed E-state index contributed by atoms with van der Waals surface area (Å²) in [6.07, 6.45) is 6.14. The van der Waals surface area contributed by atoms with Crippen LogP contribution in [0.1, 0.15) is 37.9 Å². The van der Waals surface area contributed by atoms with E-state index in [0.29, 0.717) is 35.5 Å². The summed E-state index contributed by atoms with van der Waals surface area (Å²) in [6, 6.07) is 0. The highest BCUT2D eigenvalue weighted by atomic mass is 35.5. The van der Waals surface area contributed by atoms with Crippen LogP contribution in [0.3, 0.4) is 0 Å². The second kappa shape index (κ2) is 5.33. The average molecular weight is 280 g/mol. The van der Waals surface area contributed by atoms with Crippen LogP contribution in [-0.2, 0) is 6.42 Å². The molecule has 3 rings (SSSR count). The van der Waals surface area contributed by atoms with Crippen LogP contribution in [-0.4, -0.2) is 21.7 Å². The Kier molecular flexibility index (Phi) is 3.55. The zero-order valence-corrected chi connectivity index (χ0v) is 11.4. The molecule has 1 aromatic rings. The fourth-order valence-electron chi connectivity index (χ4n) is 2.65. The number of nitrogens with one attached hydrogen (secondary N) is 1. The largest absolute Gasteiger partial charge is 0.309 e. The van der Waals surface area contributed by atoms with Crippen molar-refractivity contribution in [1.82, 2.24) is 15.3 Å². The Morgan fingerprint density at radius 2 is 2.11 bits per heavy atom. The second-order valence-corrected chi connectivity index (χ2v) is 5.42. The molecule has 2 heterocycles. The van der Waals surface area contributed by atoms with Crippen LogP contribution < -0.4 is 10.9 Å². The zero-order valence-electron chi connectivity index (χ0n) is 10.7.